The van der Waals surface area contributed by atoms with E-state index in [1.165, 1.54) is 4.31 Å². The zero-order valence-corrected chi connectivity index (χ0v) is 27.0. The molecule has 10 heteroatoms. The number of halogens is 1. The molecule has 8 nitrogen and oxygen atoms in total. The van der Waals surface area contributed by atoms with Crippen molar-refractivity contribution >= 4 is 39.1 Å². The molecule has 0 heterocycles. The first-order chi connectivity index (χ1) is 21.2. The molecule has 1 aliphatic rings. The summed E-state index contributed by atoms with van der Waals surface area (Å²) in [6, 6.07) is 23.3. The highest BCUT2D eigenvalue weighted by molar-refractivity contribution is 7.92. The van der Waals surface area contributed by atoms with Crippen LogP contribution in [0.15, 0.2) is 78.9 Å². The van der Waals surface area contributed by atoms with Gasteiger partial charge < -0.3 is 15.0 Å². The van der Waals surface area contributed by atoms with Gasteiger partial charge in [0.1, 0.15) is 11.8 Å². The molecule has 1 atom stereocenters. The number of nitrogens with one attached hydrogen (secondary N) is 1. The molecule has 0 saturated heterocycles. The van der Waals surface area contributed by atoms with E-state index in [1.807, 2.05) is 49.4 Å². The summed E-state index contributed by atoms with van der Waals surface area (Å²) < 4.78 is 32.7. The molecule has 2 amide bonds. The molecule has 0 aliphatic heterocycles. The van der Waals surface area contributed by atoms with Crippen LogP contribution in [-0.2, 0) is 32.6 Å². The first kappa shape index (κ1) is 33.3. The second kappa shape index (κ2) is 16.0. The third-order valence-corrected chi connectivity index (χ3v) is 9.22. The maximum absolute atomic E-state index is 14.1. The van der Waals surface area contributed by atoms with Crippen LogP contribution in [-0.4, -0.2) is 56.6 Å². The van der Waals surface area contributed by atoms with Gasteiger partial charge in [0.2, 0.25) is 21.8 Å². The van der Waals surface area contributed by atoms with Gasteiger partial charge in [0, 0.05) is 37.0 Å². The Morgan fingerprint density at radius 3 is 2.34 bits per heavy atom. The van der Waals surface area contributed by atoms with Crippen molar-refractivity contribution in [2.24, 2.45) is 0 Å². The van der Waals surface area contributed by atoms with Gasteiger partial charge >= 0.3 is 0 Å². The summed E-state index contributed by atoms with van der Waals surface area (Å²) in [5.41, 5.74) is 2.18. The first-order valence-corrected chi connectivity index (χ1v) is 17.5. The van der Waals surface area contributed by atoms with Crippen molar-refractivity contribution in [1.29, 1.82) is 0 Å². The summed E-state index contributed by atoms with van der Waals surface area (Å²) in [6.07, 6.45) is 5.79. The third kappa shape index (κ3) is 9.47. The maximum atomic E-state index is 14.1. The van der Waals surface area contributed by atoms with Crippen LogP contribution in [0, 0.1) is 0 Å². The number of anilines is 1. The lowest BCUT2D eigenvalue weighted by atomic mass is 10.0. The standard InChI is InChI=1S/C34H42ClN3O5S/c1-3-43-32-20-10-9-19-30(32)38(44(2,41)42)22-12-21-33(39)37(25-27-15-11-16-28(35)23-27)31(24-26-13-5-4-6-14-26)34(40)36-29-17-7-8-18-29/h4-6,9-11,13-16,19-20,23,29,31H,3,7-8,12,17-18,21-22,24-25H2,1-2H3,(H,36,40)/t31-/m0/s1. The average molecular weight is 640 g/mol. The molecule has 1 saturated carbocycles. The highest BCUT2D eigenvalue weighted by Gasteiger charge is 2.32. The van der Waals surface area contributed by atoms with E-state index in [-0.39, 0.29) is 43.8 Å². The molecule has 1 aliphatic carbocycles. The Hall–Kier alpha value is -3.56. The SMILES string of the molecule is CCOc1ccccc1N(CCCC(=O)N(Cc1cccc(Cl)c1)[C@@H](Cc1ccccc1)C(=O)NC1CCCC1)S(C)(=O)=O. The largest absolute Gasteiger partial charge is 0.492 e. The molecule has 1 N–H and O–H groups in total. The minimum atomic E-state index is -3.66. The van der Waals surface area contributed by atoms with Crippen LogP contribution in [0.5, 0.6) is 5.75 Å². The molecule has 3 aromatic rings. The monoisotopic (exact) mass is 639 g/mol. The summed E-state index contributed by atoms with van der Waals surface area (Å²) in [5, 5.41) is 3.75. The van der Waals surface area contributed by atoms with E-state index < -0.39 is 16.1 Å². The van der Waals surface area contributed by atoms with Gasteiger partial charge in [-0.15, -0.1) is 0 Å². The summed E-state index contributed by atoms with van der Waals surface area (Å²) in [4.78, 5) is 29.6. The van der Waals surface area contributed by atoms with Crippen LogP contribution >= 0.6 is 11.6 Å². The van der Waals surface area contributed by atoms with Crippen LogP contribution in [0.4, 0.5) is 5.69 Å². The Labute approximate surface area is 266 Å². The van der Waals surface area contributed by atoms with Gasteiger partial charge in [-0.1, -0.05) is 79.0 Å². The topological polar surface area (TPSA) is 96.0 Å². The van der Waals surface area contributed by atoms with Crippen molar-refractivity contribution in [3.63, 3.8) is 0 Å². The van der Waals surface area contributed by atoms with E-state index in [2.05, 4.69) is 5.32 Å². The lowest BCUT2D eigenvalue weighted by molar-refractivity contribution is -0.141. The van der Waals surface area contributed by atoms with Gasteiger partial charge in [-0.2, -0.15) is 0 Å². The third-order valence-electron chi connectivity index (χ3n) is 7.80. The number of nitrogens with zero attached hydrogens (tertiary/aromatic N) is 2. The molecule has 0 aromatic heterocycles. The normalized spacial score (nSPS) is 14.2. The Bertz CT molecular complexity index is 1500. The summed E-state index contributed by atoms with van der Waals surface area (Å²) >= 11 is 6.29. The summed E-state index contributed by atoms with van der Waals surface area (Å²) in [5.74, 6) is 0.0411. The van der Waals surface area contributed by atoms with Crippen molar-refractivity contribution in [3.8, 4) is 5.75 Å². The molecule has 1 fully saturated rings. The highest BCUT2D eigenvalue weighted by Crippen LogP contribution is 2.30. The second-order valence-electron chi connectivity index (χ2n) is 11.2. The minimum Gasteiger partial charge on any atom is -0.492 e. The van der Waals surface area contributed by atoms with E-state index in [0.29, 0.717) is 29.5 Å². The Morgan fingerprint density at radius 1 is 0.977 bits per heavy atom. The molecular weight excluding hydrogens is 598 g/mol. The number of sulfonamides is 1. The van der Waals surface area contributed by atoms with Gasteiger partial charge in [0.25, 0.3) is 0 Å². The number of carbonyl (C=O) groups excluding carboxylic acids is 2. The van der Waals surface area contributed by atoms with Crippen molar-refractivity contribution in [2.45, 2.75) is 70.5 Å². The number of ether oxygens (including phenoxy) is 1. The van der Waals surface area contributed by atoms with E-state index in [1.54, 1.807) is 41.3 Å². The summed E-state index contributed by atoms with van der Waals surface area (Å²) in [7, 11) is -3.66. The van der Waals surface area contributed by atoms with Gasteiger partial charge in [-0.3, -0.25) is 13.9 Å². The fourth-order valence-electron chi connectivity index (χ4n) is 5.68. The fraction of sp³-hybridized carbons (Fsp3) is 0.412. The molecule has 236 valence electrons. The fourth-order valence-corrected chi connectivity index (χ4v) is 6.86. The van der Waals surface area contributed by atoms with E-state index >= 15 is 0 Å². The molecule has 4 rings (SSSR count). The quantitative estimate of drug-likeness (QED) is 0.221. The van der Waals surface area contributed by atoms with Crippen LogP contribution in [0.2, 0.25) is 5.02 Å². The molecule has 0 radical (unpaired) electrons. The van der Waals surface area contributed by atoms with Crippen molar-refractivity contribution in [3.05, 3.63) is 95.0 Å². The molecular formula is C34H42ClN3O5S. The summed E-state index contributed by atoms with van der Waals surface area (Å²) in [6.45, 7) is 2.50. The van der Waals surface area contributed by atoms with Crippen molar-refractivity contribution in [1.82, 2.24) is 10.2 Å². The lowest BCUT2D eigenvalue weighted by Gasteiger charge is -2.33. The van der Waals surface area contributed by atoms with Crippen LogP contribution in [0.3, 0.4) is 0 Å². The second-order valence-corrected chi connectivity index (χ2v) is 13.5. The molecule has 44 heavy (non-hydrogen) atoms. The first-order valence-electron chi connectivity index (χ1n) is 15.2. The number of hydrogen-bond acceptors (Lipinski definition) is 5. The Balaban J connectivity index is 1.60. The van der Waals surface area contributed by atoms with Gasteiger partial charge in [0.05, 0.1) is 18.6 Å². The van der Waals surface area contributed by atoms with Crippen LogP contribution in [0.1, 0.15) is 56.6 Å². The Morgan fingerprint density at radius 2 is 1.66 bits per heavy atom. The maximum Gasteiger partial charge on any atom is 0.243 e. The predicted molar refractivity (Wildman–Crippen MR) is 175 cm³/mol. The van der Waals surface area contributed by atoms with E-state index in [9.17, 15) is 18.0 Å². The van der Waals surface area contributed by atoms with Gasteiger partial charge in [-0.05, 0) is 61.6 Å². The van der Waals surface area contributed by atoms with E-state index in [4.69, 9.17) is 16.3 Å². The molecule has 0 bridgehead atoms. The predicted octanol–water partition coefficient (Wildman–Crippen LogP) is 5.98. The lowest BCUT2D eigenvalue weighted by Crippen LogP contribution is -2.52. The van der Waals surface area contributed by atoms with Crippen molar-refractivity contribution in [2.75, 3.05) is 23.7 Å². The van der Waals surface area contributed by atoms with E-state index in [0.717, 1.165) is 43.1 Å². The van der Waals surface area contributed by atoms with Crippen LogP contribution in [0.25, 0.3) is 0 Å². The zero-order valence-electron chi connectivity index (χ0n) is 25.5. The average Bonchev–Trinajstić information content (AvgIpc) is 3.50. The van der Waals surface area contributed by atoms with Crippen LogP contribution < -0.4 is 14.4 Å². The number of hydrogen-bond donors (Lipinski definition) is 1. The van der Waals surface area contributed by atoms with Gasteiger partial charge in [0.15, 0.2) is 0 Å². The zero-order chi connectivity index (χ0) is 31.5. The van der Waals surface area contributed by atoms with Crippen molar-refractivity contribution < 1.29 is 22.7 Å². The Kier molecular flexibility index (Phi) is 12.1. The highest BCUT2D eigenvalue weighted by atomic mass is 35.5. The number of amides is 2. The molecule has 0 unspecified atom stereocenters. The number of carbonyl (C=O) groups is 2. The molecule has 3 aromatic carbocycles. The smallest absolute Gasteiger partial charge is 0.243 e. The van der Waals surface area contributed by atoms with Gasteiger partial charge in [-0.25, -0.2) is 8.42 Å². The number of benzene rings is 3. The number of para-hydroxylation sites is 2. The minimum absolute atomic E-state index is 0.0470. The number of rotatable bonds is 15. The molecule has 0 spiro atoms.